The third kappa shape index (κ3) is 13.8. The third-order valence-corrected chi connectivity index (χ3v) is 5.64. The first-order chi connectivity index (χ1) is 19.3. The summed E-state index contributed by atoms with van der Waals surface area (Å²) in [5, 5.41) is 43.3. The fourth-order valence-electron chi connectivity index (χ4n) is 3.50. The molecule has 15 heteroatoms. The number of nitrogens with one attached hydrogen (secondary N) is 3. The highest BCUT2D eigenvalue weighted by Crippen LogP contribution is 2.16. The minimum absolute atomic E-state index is 0.0639. The Kier molecular flexibility index (Phi) is 14.9. The van der Waals surface area contributed by atoms with Crippen LogP contribution in [0.1, 0.15) is 57.4 Å². The molecule has 0 saturated heterocycles. The van der Waals surface area contributed by atoms with Crippen LogP contribution < -0.4 is 20.7 Å². The fraction of sp³-hybridized carbons (Fsp3) is 0.500. The smallest absolute Gasteiger partial charge is 0.356 e. The number of carbonyl (C=O) groups is 7. The average molecular weight is 582 g/mol. The molecule has 3 amide bonds. The van der Waals surface area contributed by atoms with Gasteiger partial charge in [0.1, 0.15) is 17.8 Å². The van der Waals surface area contributed by atoms with Crippen LogP contribution in [0.5, 0.6) is 5.75 Å². The van der Waals surface area contributed by atoms with Crippen LogP contribution in [0, 0.1) is 0 Å². The van der Waals surface area contributed by atoms with E-state index in [2.05, 4.69) is 16.0 Å². The predicted molar refractivity (Wildman–Crippen MR) is 140 cm³/mol. The molecule has 41 heavy (non-hydrogen) atoms. The molecule has 15 nitrogen and oxygen atoms in total. The molecule has 0 radical (unpaired) electrons. The van der Waals surface area contributed by atoms with Crippen LogP contribution in [-0.2, 0) is 40.0 Å². The summed E-state index contributed by atoms with van der Waals surface area (Å²) in [5.41, 5.74) is 0.473. The summed E-state index contributed by atoms with van der Waals surface area (Å²) in [6.45, 7) is 2.31. The van der Waals surface area contributed by atoms with E-state index in [1.807, 2.05) is 6.92 Å². The van der Waals surface area contributed by atoms with Gasteiger partial charge in [0.2, 0.25) is 17.7 Å². The van der Waals surface area contributed by atoms with E-state index in [0.717, 1.165) is 12.8 Å². The molecular formula is C26H35N3O12. The van der Waals surface area contributed by atoms with Gasteiger partial charge < -0.3 is 41.1 Å². The van der Waals surface area contributed by atoms with Crippen LogP contribution in [-0.4, -0.2) is 86.8 Å². The van der Waals surface area contributed by atoms with Gasteiger partial charge in [0.15, 0.2) is 0 Å². The van der Waals surface area contributed by atoms with Crippen molar-refractivity contribution in [3.63, 3.8) is 0 Å². The number of benzene rings is 1. The summed E-state index contributed by atoms with van der Waals surface area (Å²) in [7, 11) is 0. The molecule has 0 spiro atoms. The minimum atomic E-state index is -2.13. The molecule has 226 valence electrons. The molecule has 0 aliphatic heterocycles. The average Bonchev–Trinajstić information content (AvgIpc) is 2.90. The molecule has 1 aromatic rings. The van der Waals surface area contributed by atoms with Crippen LogP contribution >= 0.6 is 0 Å². The molecule has 0 heterocycles. The predicted octanol–water partition coefficient (Wildman–Crippen LogP) is 0.151. The van der Waals surface area contributed by atoms with E-state index < -0.39 is 79.0 Å². The number of carboxylic acid groups (broad SMARTS) is 4. The van der Waals surface area contributed by atoms with Gasteiger partial charge in [-0.2, -0.15) is 0 Å². The zero-order chi connectivity index (χ0) is 30.9. The van der Waals surface area contributed by atoms with Gasteiger partial charge in [0.05, 0.1) is 6.42 Å². The highest BCUT2D eigenvalue weighted by Gasteiger charge is 2.29. The molecule has 0 aromatic heterocycles. The molecule has 0 bridgehead atoms. The van der Waals surface area contributed by atoms with Crippen molar-refractivity contribution in [3.8, 4) is 5.75 Å². The molecule has 0 aliphatic rings. The summed E-state index contributed by atoms with van der Waals surface area (Å²) < 4.78 is 4.96. The van der Waals surface area contributed by atoms with Crippen LogP contribution in [0.3, 0.4) is 0 Å². The van der Waals surface area contributed by atoms with Gasteiger partial charge in [-0.25, -0.2) is 9.59 Å². The van der Waals surface area contributed by atoms with Gasteiger partial charge in [0, 0.05) is 25.8 Å². The maximum absolute atomic E-state index is 13.1. The van der Waals surface area contributed by atoms with Crippen LogP contribution in [0.4, 0.5) is 0 Å². The number of rotatable bonds is 20. The van der Waals surface area contributed by atoms with E-state index in [0.29, 0.717) is 18.5 Å². The first-order valence-corrected chi connectivity index (χ1v) is 12.9. The summed E-state index contributed by atoms with van der Waals surface area (Å²) in [5.74, 6) is -8.11. The van der Waals surface area contributed by atoms with E-state index in [-0.39, 0.29) is 18.6 Å². The van der Waals surface area contributed by atoms with E-state index in [1.54, 1.807) is 0 Å². The van der Waals surface area contributed by atoms with Crippen LogP contribution in [0.2, 0.25) is 0 Å². The molecule has 0 fully saturated rings. The Balaban J connectivity index is 3.09. The lowest BCUT2D eigenvalue weighted by atomic mass is 10.0. The van der Waals surface area contributed by atoms with Gasteiger partial charge in [-0.3, -0.25) is 24.0 Å². The lowest BCUT2D eigenvalue weighted by molar-refractivity contribution is -0.159. The number of carboxylic acids is 4. The standard InChI is InChI=1S/C26H35N3O12/c1-2-3-4-13-27-23(35)18(14-15-5-7-16(8-6-15)41-22(25(37)38)26(39)40)29-24(36)17(9-11-20(31)32)28-19(30)10-12-21(33)34/h5-8,17-18,22H,2-4,9-14H2,1H3,(H,27,35)(H,28,30)(H,29,36)(H,31,32)(H,33,34)(H,37,38)(H,39,40)/t17-,18-/m0/s1. The Bertz CT molecular complexity index is 1080. The van der Waals surface area contributed by atoms with Crippen molar-refractivity contribution in [2.75, 3.05) is 6.54 Å². The van der Waals surface area contributed by atoms with Gasteiger partial charge in [0.25, 0.3) is 6.10 Å². The monoisotopic (exact) mass is 581 g/mol. The molecule has 0 saturated carbocycles. The Hall–Kier alpha value is -4.69. The Morgan fingerprint density at radius 3 is 1.90 bits per heavy atom. The SMILES string of the molecule is CCCCCNC(=O)[C@H](Cc1ccc(OC(C(=O)O)C(=O)O)cc1)NC(=O)[C@H](CCC(=O)O)NC(=O)CCC(=O)O. The number of amides is 3. The second-order valence-electron chi connectivity index (χ2n) is 9.03. The first-order valence-electron chi connectivity index (χ1n) is 12.9. The summed E-state index contributed by atoms with van der Waals surface area (Å²) in [4.78, 5) is 82.1. The second-order valence-corrected chi connectivity index (χ2v) is 9.03. The summed E-state index contributed by atoms with van der Waals surface area (Å²) in [6.07, 6.45) is -1.50. The Labute approximate surface area is 235 Å². The lowest BCUT2D eigenvalue weighted by Crippen LogP contribution is -2.54. The van der Waals surface area contributed by atoms with Crippen molar-refractivity contribution in [1.82, 2.24) is 16.0 Å². The largest absolute Gasteiger partial charge is 0.481 e. The molecule has 7 N–H and O–H groups in total. The molecular weight excluding hydrogens is 546 g/mol. The van der Waals surface area contributed by atoms with Crippen molar-refractivity contribution < 1.29 is 58.7 Å². The maximum atomic E-state index is 13.1. The lowest BCUT2D eigenvalue weighted by Gasteiger charge is -2.23. The maximum Gasteiger partial charge on any atom is 0.356 e. The zero-order valence-electron chi connectivity index (χ0n) is 22.5. The number of hydrogen-bond donors (Lipinski definition) is 7. The zero-order valence-corrected chi connectivity index (χ0v) is 22.5. The summed E-state index contributed by atoms with van der Waals surface area (Å²) >= 11 is 0. The Morgan fingerprint density at radius 1 is 0.756 bits per heavy atom. The molecule has 1 rings (SSSR count). The normalized spacial score (nSPS) is 12.0. The van der Waals surface area contributed by atoms with Gasteiger partial charge in [-0.1, -0.05) is 31.9 Å². The van der Waals surface area contributed by atoms with E-state index in [4.69, 9.17) is 25.2 Å². The van der Waals surface area contributed by atoms with Gasteiger partial charge >= 0.3 is 23.9 Å². The first kappa shape index (κ1) is 34.3. The highest BCUT2D eigenvalue weighted by atomic mass is 16.5. The number of aliphatic carboxylic acids is 4. The van der Waals surface area contributed by atoms with Crippen molar-refractivity contribution in [3.05, 3.63) is 29.8 Å². The van der Waals surface area contributed by atoms with Crippen molar-refractivity contribution in [2.24, 2.45) is 0 Å². The van der Waals surface area contributed by atoms with Crippen LogP contribution in [0.25, 0.3) is 0 Å². The number of carbonyl (C=O) groups excluding carboxylic acids is 3. The van der Waals surface area contributed by atoms with E-state index >= 15 is 0 Å². The second kappa shape index (κ2) is 17.8. The summed E-state index contributed by atoms with van der Waals surface area (Å²) in [6, 6.07) is 2.94. The van der Waals surface area contributed by atoms with Gasteiger partial charge in [-0.05, 0) is 30.5 Å². The fourth-order valence-corrected chi connectivity index (χ4v) is 3.50. The molecule has 0 unspecified atom stereocenters. The quantitative estimate of drug-likeness (QED) is 0.0803. The minimum Gasteiger partial charge on any atom is -0.481 e. The van der Waals surface area contributed by atoms with Crippen LogP contribution in [0.15, 0.2) is 24.3 Å². The van der Waals surface area contributed by atoms with E-state index in [1.165, 1.54) is 24.3 Å². The topological polar surface area (TPSA) is 246 Å². The number of ether oxygens (including phenoxy) is 1. The van der Waals surface area contributed by atoms with Crippen molar-refractivity contribution >= 4 is 41.6 Å². The molecule has 1 aromatic carbocycles. The Morgan fingerprint density at radius 2 is 1.37 bits per heavy atom. The highest BCUT2D eigenvalue weighted by molar-refractivity contribution is 5.96. The number of unbranched alkanes of at least 4 members (excludes halogenated alkanes) is 2. The van der Waals surface area contributed by atoms with E-state index in [9.17, 15) is 33.6 Å². The molecule has 0 aliphatic carbocycles. The van der Waals surface area contributed by atoms with Crippen molar-refractivity contribution in [2.45, 2.75) is 76.5 Å². The van der Waals surface area contributed by atoms with Crippen molar-refractivity contribution in [1.29, 1.82) is 0 Å². The number of hydrogen-bond acceptors (Lipinski definition) is 8. The third-order valence-electron chi connectivity index (χ3n) is 5.64. The molecule has 2 atom stereocenters. The van der Waals surface area contributed by atoms with Gasteiger partial charge in [-0.15, -0.1) is 0 Å².